The molecule has 2 nitrogen and oxygen atoms in total. The molecule has 5 heteroatoms. The first-order valence-electron chi connectivity index (χ1n) is 6.58. The fraction of sp³-hybridized carbons (Fsp3) is 0.923. The average Bonchev–Trinajstić information content (AvgIpc) is 2.23. The highest BCUT2D eigenvalue weighted by atomic mass is 19.4. The molecule has 0 radical (unpaired) electrons. The number of rotatable bonds is 3. The first-order chi connectivity index (χ1) is 8.17. The average molecular weight is 264 g/mol. The van der Waals surface area contributed by atoms with E-state index >= 15 is 0 Å². The molecule has 0 bridgehead atoms. The lowest BCUT2D eigenvalue weighted by Crippen LogP contribution is -2.31. The van der Waals surface area contributed by atoms with Gasteiger partial charge in [-0.25, -0.2) is 5.43 Å². The third kappa shape index (κ3) is 6.26. The number of nitrogens with zero attached hydrogens (tertiary/aromatic N) is 1. The number of alkyl halides is 3. The molecule has 1 rings (SSSR count). The van der Waals surface area contributed by atoms with Crippen LogP contribution in [0.25, 0.3) is 0 Å². The Hall–Kier alpha value is -0.740. The molecule has 0 aromatic carbocycles. The van der Waals surface area contributed by atoms with Gasteiger partial charge in [0.25, 0.3) is 0 Å². The second-order valence-corrected chi connectivity index (χ2v) is 6.29. The lowest BCUT2D eigenvalue weighted by atomic mass is 9.79. The van der Waals surface area contributed by atoms with Crippen molar-refractivity contribution in [3.8, 4) is 0 Å². The summed E-state index contributed by atoms with van der Waals surface area (Å²) in [6.07, 6.45) is 1.49. The molecule has 106 valence electrons. The monoisotopic (exact) mass is 264 g/mol. The minimum Gasteiger partial charge on any atom is -0.218 e. The molecule has 0 unspecified atom stereocenters. The van der Waals surface area contributed by atoms with E-state index in [1.54, 1.807) is 0 Å². The van der Waals surface area contributed by atoms with E-state index in [0.717, 1.165) is 25.7 Å². The van der Waals surface area contributed by atoms with Crippen molar-refractivity contribution in [1.29, 1.82) is 0 Å². The largest absolute Gasteiger partial charge is 0.497 e. The van der Waals surface area contributed by atoms with Crippen LogP contribution in [0.1, 0.15) is 59.3 Å². The SMILES string of the molecule is CC(C)(C)C/C(=N/NC(F)(F)F)C1CCCCC1. The fourth-order valence-corrected chi connectivity index (χ4v) is 2.39. The van der Waals surface area contributed by atoms with Gasteiger partial charge in [-0.3, -0.25) is 0 Å². The lowest BCUT2D eigenvalue weighted by Gasteiger charge is -2.28. The maximum absolute atomic E-state index is 12.2. The van der Waals surface area contributed by atoms with Gasteiger partial charge in [0, 0.05) is 5.71 Å². The Labute approximate surface area is 107 Å². The van der Waals surface area contributed by atoms with E-state index in [0.29, 0.717) is 12.1 Å². The van der Waals surface area contributed by atoms with E-state index in [1.165, 1.54) is 11.8 Å². The van der Waals surface area contributed by atoms with Gasteiger partial charge in [-0.1, -0.05) is 40.0 Å². The third-order valence-corrected chi connectivity index (χ3v) is 3.11. The highest BCUT2D eigenvalue weighted by Gasteiger charge is 2.29. The van der Waals surface area contributed by atoms with Gasteiger partial charge < -0.3 is 0 Å². The summed E-state index contributed by atoms with van der Waals surface area (Å²) in [4.78, 5) is 0. The smallest absolute Gasteiger partial charge is 0.218 e. The summed E-state index contributed by atoms with van der Waals surface area (Å²) in [6, 6.07) is 0. The molecule has 1 fully saturated rings. The molecule has 1 saturated carbocycles. The Morgan fingerprint density at radius 1 is 1.11 bits per heavy atom. The van der Waals surface area contributed by atoms with Gasteiger partial charge in [-0.15, -0.1) is 13.2 Å². The molecule has 0 heterocycles. The number of hydrogen-bond acceptors (Lipinski definition) is 2. The summed E-state index contributed by atoms with van der Waals surface area (Å²) < 4.78 is 36.6. The molecule has 0 spiro atoms. The van der Waals surface area contributed by atoms with Crippen molar-refractivity contribution in [2.24, 2.45) is 16.4 Å². The van der Waals surface area contributed by atoms with Crippen molar-refractivity contribution < 1.29 is 13.2 Å². The molecule has 1 aliphatic rings. The zero-order valence-corrected chi connectivity index (χ0v) is 11.4. The van der Waals surface area contributed by atoms with Gasteiger partial charge in [0.1, 0.15) is 0 Å². The van der Waals surface area contributed by atoms with Crippen LogP contribution in [0.3, 0.4) is 0 Å². The van der Waals surface area contributed by atoms with Gasteiger partial charge in [0.15, 0.2) is 0 Å². The highest BCUT2D eigenvalue weighted by molar-refractivity contribution is 5.87. The van der Waals surface area contributed by atoms with E-state index in [-0.39, 0.29) is 11.3 Å². The first-order valence-corrected chi connectivity index (χ1v) is 6.58. The molecule has 0 aromatic heterocycles. The molecule has 18 heavy (non-hydrogen) atoms. The van der Waals surface area contributed by atoms with Crippen LogP contribution in [0.4, 0.5) is 13.2 Å². The van der Waals surface area contributed by atoms with Crippen LogP contribution < -0.4 is 5.43 Å². The molecule has 0 aromatic rings. The third-order valence-electron chi connectivity index (χ3n) is 3.11. The van der Waals surface area contributed by atoms with Crippen molar-refractivity contribution in [1.82, 2.24) is 5.43 Å². The highest BCUT2D eigenvalue weighted by Crippen LogP contribution is 2.30. The van der Waals surface area contributed by atoms with Gasteiger partial charge in [-0.2, -0.15) is 5.10 Å². The molecular weight excluding hydrogens is 241 g/mol. The Balaban J connectivity index is 2.73. The number of halogens is 3. The van der Waals surface area contributed by atoms with Crippen molar-refractivity contribution in [3.63, 3.8) is 0 Å². The van der Waals surface area contributed by atoms with Crippen LogP contribution >= 0.6 is 0 Å². The number of hydrogen-bond donors (Lipinski definition) is 1. The van der Waals surface area contributed by atoms with E-state index in [1.807, 2.05) is 20.8 Å². The predicted molar refractivity (Wildman–Crippen MR) is 67.3 cm³/mol. The summed E-state index contributed by atoms with van der Waals surface area (Å²) in [5.74, 6) is 0.216. The predicted octanol–water partition coefficient (Wildman–Crippen LogP) is 4.47. The number of nitrogens with one attached hydrogen (secondary N) is 1. The summed E-state index contributed by atoms with van der Waals surface area (Å²) in [5, 5.41) is 3.65. The summed E-state index contributed by atoms with van der Waals surface area (Å²) in [7, 11) is 0. The quantitative estimate of drug-likeness (QED) is 0.454. The van der Waals surface area contributed by atoms with Crippen LogP contribution in [-0.2, 0) is 0 Å². The molecule has 1 aliphatic carbocycles. The van der Waals surface area contributed by atoms with Crippen molar-refractivity contribution >= 4 is 5.71 Å². The van der Waals surface area contributed by atoms with E-state index in [2.05, 4.69) is 5.10 Å². The summed E-state index contributed by atoms with van der Waals surface area (Å²) in [5.41, 5.74) is 1.97. The van der Waals surface area contributed by atoms with Gasteiger partial charge in [-0.05, 0) is 30.6 Å². The fourth-order valence-electron chi connectivity index (χ4n) is 2.39. The maximum Gasteiger partial charge on any atom is 0.497 e. The summed E-state index contributed by atoms with van der Waals surface area (Å²) in [6.45, 7) is 6.08. The Morgan fingerprint density at radius 3 is 2.11 bits per heavy atom. The molecule has 0 amide bonds. The van der Waals surface area contributed by atoms with Crippen LogP contribution in [0, 0.1) is 11.3 Å². The van der Waals surface area contributed by atoms with E-state index in [9.17, 15) is 13.2 Å². The van der Waals surface area contributed by atoms with Crippen molar-refractivity contribution in [3.05, 3.63) is 0 Å². The van der Waals surface area contributed by atoms with Gasteiger partial charge >= 0.3 is 6.30 Å². The Morgan fingerprint density at radius 2 is 1.67 bits per heavy atom. The Bertz CT molecular complexity index is 284. The number of hydrazone groups is 1. The molecule has 0 saturated heterocycles. The standard InChI is InChI=1S/C13H23F3N2/c1-12(2,3)9-11(17-18-13(14,15)16)10-7-5-4-6-8-10/h10,18H,4-9H2,1-3H3/b17-11-. The second-order valence-electron chi connectivity index (χ2n) is 6.29. The summed E-state index contributed by atoms with van der Waals surface area (Å²) >= 11 is 0. The van der Waals surface area contributed by atoms with Gasteiger partial charge in [0.2, 0.25) is 0 Å². The topological polar surface area (TPSA) is 24.4 Å². The van der Waals surface area contributed by atoms with Crippen LogP contribution in [0.15, 0.2) is 5.10 Å². The zero-order valence-electron chi connectivity index (χ0n) is 11.4. The van der Waals surface area contributed by atoms with Crippen molar-refractivity contribution in [2.75, 3.05) is 0 Å². The minimum atomic E-state index is -4.43. The molecule has 0 atom stereocenters. The molecule has 1 N–H and O–H groups in total. The molecule has 0 aliphatic heterocycles. The first kappa shape index (κ1) is 15.3. The van der Waals surface area contributed by atoms with E-state index in [4.69, 9.17) is 0 Å². The van der Waals surface area contributed by atoms with Crippen LogP contribution in [0.5, 0.6) is 0 Å². The van der Waals surface area contributed by atoms with Crippen LogP contribution in [-0.4, -0.2) is 12.0 Å². The van der Waals surface area contributed by atoms with Gasteiger partial charge in [0.05, 0.1) is 0 Å². The lowest BCUT2D eigenvalue weighted by molar-refractivity contribution is -0.156. The Kier molecular flexibility index (Phi) is 5.05. The van der Waals surface area contributed by atoms with Crippen LogP contribution in [0.2, 0.25) is 0 Å². The van der Waals surface area contributed by atoms with Crippen molar-refractivity contribution in [2.45, 2.75) is 65.6 Å². The normalized spacial score (nSPS) is 20.0. The minimum absolute atomic E-state index is 0.0381. The second kappa shape index (κ2) is 5.93. The maximum atomic E-state index is 12.2. The van der Waals surface area contributed by atoms with E-state index < -0.39 is 6.30 Å². The zero-order chi connectivity index (χ0) is 13.8. The molecular formula is C13H23F3N2.